The zero-order valence-corrected chi connectivity index (χ0v) is 28.0. The Morgan fingerprint density at radius 2 is 1.87 bits per heavy atom. The summed E-state index contributed by atoms with van der Waals surface area (Å²) in [6, 6.07) is 21.9. The number of aliphatic hydroxyl groups is 1. The quantitative estimate of drug-likeness (QED) is 0.162. The molecule has 4 atom stereocenters. The highest BCUT2D eigenvalue weighted by Gasteiger charge is 2.66. The summed E-state index contributed by atoms with van der Waals surface area (Å²) in [4.78, 5) is 29.7. The molecule has 2 N–H and O–H groups in total. The molecule has 1 saturated heterocycles. The highest BCUT2D eigenvalue weighted by Crippen LogP contribution is 2.60. The van der Waals surface area contributed by atoms with Gasteiger partial charge in [0.1, 0.15) is 5.75 Å². The predicted molar refractivity (Wildman–Crippen MR) is 179 cm³/mol. The summed E-state index contributed by atoms with van der Waals surface area (Å²) in [6.45, 7) is 5.97. The topological polar surface area (TPSA) is 119 Å². The van der Waals surface area contributed by atoms with E-state index in [1.807, 2.05) is 43.3 Å². The Kier molecular flexibility index (Phi) is 9.01. The van der Waals surface area contributed by atoms with Gasteiger partial charge in [-0.05, 0) is 67.5 Å². The van der Waals surface area contributed by atoms with Crippen LogP contribution in [0.2, 0.25) is 18.6 Å². The molecule has 1 spiro atoms. The lowest BCUT2D eigenvalue weighted by Gasteiger charge is -2.31. The Bertz CT molecular complexity index is 1750. The van der Waals surface area contributed by atoms with E-state index in [9.17, 15) is 14.7 Å². The number of hydrogen-bond donors (Lipinski definition) is 2. The lowest BCUT2D eigenvalue weighted by atomic mass is 9.82. The van der Waals surface area contributed by atoms with Gasteiger partial charge < -0.3 is 28.9 Å². The molecular weight excluding hydrogens is 617 g/mol. The molecule has 2 aliphatic heterocycles. The minimum Gasteiger partial charge on any atom is -0.497 e. The van der Waals surface area contributed by atoms with Crippen molar-refractivity contribution in [3.05, 3.63) is 101 Å². The lowest BCUT2D eigenvalue weighted by molar-refractivity contribution is -0.146. The van der Waals surface area contributed by atoms with Crippen LogP contribution < -0.4 is 15.0 Å². The number of aliphatic hydroxyl groups excluding tert-OH is 1. The molecule has 2 aliphatic rings. The van der Waals surface area contributed by atoms with Crippen LogP contribution in [-0.4, -0.2) is 60.1 Å². The summed E-state index contributed by atoms with van der Waals surface area (Å²) >= 11 is 0. The third-order valence-electron chi connectivity index (χ3n) is 9.35. The average molecular weight is 658 g/mol. The van der Waals surface area contributed by atoms with Gasteiger partial charge in [0, 0.05) is 54.0 Å². The summed E-state index contributed by atoms with van der Waals surface area (Å²) in [6.07, 6.45) is 2.03. The molecule has 4 aromatic rings. The number of aryl methyl sites for hydroxylation is 1. The maximum absolute atomic E-state index is 16.3. The second-order valence-electron chi connectivity index (χ2n) is 12.8. The van der Waals surface area contributed by atoms with Crippen molar-refractivity contribution in [2.45, 2.75) is 63.2 Å². The zero-order valence-electron chi connectivity index (χ0n) is 27.0. The number of halogens is 1. The van der Waals surface area contributed by atoms with E-state index in [0.29, 0.717) is 59.9 Å². The van der Waals surface area contributed by atoms with Crippen molar-refractivity contribution in [3.63, 3.8) is 0 Å². The Balaban J connectivity index is 1.37. The molecule has 3 heterocycles. The first-order valence-corrected chi connectivity index (χ1v) is 18.8. The number of carbonyl (C=O) groups excluding carboxylic acids is 2. The smallest absolute Gasteiger partial charge is 0.264 e. The number of ether oxygens (including phenoxy) is 2. The Labute approximate surface area is 274 Å². The molecule has 1 fully saturated rings. The van der Waals surface area contributed by atoms with E-state index in [1.165, 1.54) is 0 Å². The molecule has 0 unspecified atom stereocenters. The van der Waals surface area contributed by atoms with Gasteiger partial charge in [-0.3, -0.25) is 14.3 Å². The summed E-state index contributed by atoms with van der Waals surface area (Å²) < 4.78 is 30.1. The highest BCUT2D eigenvalue weighted by molar-refractivity contribution is 6.72. The molecule has 10 nitrogen and oxygen atoms in total. The molecule has 0 aliphatic carbocycles. The first-order valence-electron chi connectivity index (χ1n) is 15.9. The van der Waals surface area contributed by atoms with E-state index in [-0.39, 0.29) is 18.4 Å². The van der Waals surface area contributed by atoms with Crippen LogP contribution in [0.1, 0.15) is 40.5 Å². The third kappa shape index (κ3) is 6.20. The number of nitrogens with zero attached hydrogens (tertiary/aromatic N) is 4. The summed E-state index contributed by atoms with van der Waals surface area (Å²) in [5, 5.41) is 20.5. The van der Waals surface area contributed by atoms with E-state index in [2.05, 4.69) is 15.6 Å². The number of carbonyl (C=O) groups is 2. The van der Waals surface area contributed by atoms with E-state index < -0.39 is 31.6 Å². The van der Waals surface area contributed by atoms with Crippen molar-refractivity contribution >= 4 is 31.6 Å². The van der Waals surface area contributed by atoms with Crippen LogP contribution in [0.4, 0.5) is 15.5 Å². The van der Waals surface area contributed by atoms with E-state index in [1.54, 1.807) is 72.4 Å². The monoisotopic (exact) mass is 657 g/mol. The second kappa shape index (κ2) is 13.0. The van der Waals surface area contributed by atoms with Crippen molar-refractivity contribution in [2.24, 2.45) is 5.92 Å². The van der Waals surface area contributed by atoms with Gasteiger partial charge in [0.2, 0.25) is 8.41 Å². The van der Waals surface area contributed by atoms with Gasteiger partial charge in [-0.15, -0.1) is 5.10 Å². The van der Waals surface area contributed by atoms with Crippen molar-refractivity contribution in [1.29, 1.82) is 0 Å². The normalized spacial score (nSPS) is 22.1. The molecular formula is C35H40FN5O5Si. The molecule has 2 amide bonds. The van der Waals surface area contributed by atoms with Gasteiger partial charge in [0.05, 0.1) is 31.1 Å². The first kappa shape index (κ1) is 32.5. The maximum Gasteiger partial charge on any atom is 0.264 e. The van der Waals surface area contributed by atoms with Crippen molar-refractivity contribution < 1.29 is 28.3 Å². The lowest BCUT2D eigenvalue weighted by Crippen LogP contribution is -2.45. The molecule has 6 rings (SSSR count). The molecule has 47 heavy (non-hydrogen) atoms. The second-order valence-corrected chi connectivity index (χ2v) is 16.6. The van der Waals surface area contributed by atoms with Crippen LogP contribution in [0.15, 0.2) is 79.0 Å². The summed E-state index contributed by atoms with van der Waals surface area (Å²) in [7, 11) is -1.82. The number of hydrogen-bond acceptors (Lipinski definition) is 7. The number of methoxy groups -OCH3 is 1. The van der Waals surface area contributed by atoms with Crippen molar-refractivity contribution in [3.8, 4) is 5.75 Å². The SMILES string of the molecule is COc1ccc(C(=O)Nc2ccc3c(c2)[C@@]2(O[C@H](CCn4cc(CCO)nn4)[C@@H]([Si](C)(C)F)[C@@H]2C)C(=O)N3Cc2ccccc2)cc1. The number of rotatable bonds is 11. The number of amides is 2. The Morgan fingerprint density at radius 3 is 2.55 bits per heavy atom. The number of anilines is 2. The molecule has 0 bridgehead atoms. The van der Waals surface area contributed by atoms with Gasteiger partial charge in [-0.2, -0.15) is 0 Å². The van der Waals surface area contributed by atoms with Gasteiger partial charge in [-0.1, -0.05) is 42.5 Å². The summed E-state index contributed by atoms with van der Waals surface area (Å²) in [5.41, 5.74) is 1.94. The van der Waals surface area contributed by atoms with Gasteiger partial charge in [0.15, 0.2) is 5.60 Å². The molecule has 12 heteroatoms. The zero-order chi connectivity index (χ0) is 33.3. The number of nitrogens with one attached hydrogen (secondary N) is 1. The molecule has 1 aromatic heterocycles. The third-order valence-corrected chi connectivity index (χ3v) is 11.8. The van der Waals surface area contributed by atoms with Gasteiger partial charge in [0.25, 0.3) is 11.8 Å². The van der Waals surface area contributed by atoms with E-state index in [4.69, 9.17) is 9.47 Å². The van der Waals surface area contributed by atoms with Gasteiger partial charge in [-0.25, -0.2) is 0 Å². The van der Waals surface area contributed by atoms with Crippen LogP contribution >= 0.6 is 0 Å². The fraction of sp³-hybridized carbons (Fsp3) is 0.371. The van der Waals surface area contributed by atoms with Crippen LogP contribution in [0.25, 0.3) is 0 Å². The standard InChI is InChI=1S/C35H40FN5O5Si/c1-23-32(47(3,4)36)31(16-18-40-22-27(17-19-42)38-39-40)46-35(23)29-20-26(37-33(43)25-10-13-28(45-2)14-11-25)12-15-30(29)41(34(35)44)21-24-8-6-5-7-9-24/h5-15,20,22-23,31-32,42H,16-19,21H2,1-4H3,(H,37,43)/t23-,31+,32-,35+/m0/s1. The average Bonchev–Trinajstić information content (AvgIpc) is 3.70. The predicted octanol–water partition coefficient (Wildman–Crippen LogP) is 5.49. The minimum atomic E-state index is -3.38. The fourth-order valence-corrected chi connectivity index (χ4v) is 9.74. The van der Waals surface area contributed by atoms with Crippen LogP contribution in [0.5, 0.6) is 5.75 Å². The maximum atomic E-state index is 16.3. The van der Waals surface area contributed by atoms with E-state index >= 15 is 4.11 Å². The molecule has 3 aromatic carbocycles. The number of aromatic nitrogens is 3. The minimum absolute atomic E-state index is 0.0300. The van der Waals surface area contributed by atoms with Gasteiger partial charge >= 0.3 is 0 Å². The molecule has 246 valence electrons. The largest absolute Gasteiger partial charge is 0.497 e. The Hall–Kier alpha value is -4.39. The highest BCUT2D eigenvalue weighted by atomic mass is 28.4. The van der Waals surface area contributed by atoms with Crippen molar-refractivity contribution in [2.75, 3.05) is 23.9 Å². The van der Waals surface area contributed by atoms with Crippen LogP contribution in [-0.2, 0) is 34.6 Å². The van der Waals surface area contributed by atoms with Crippen LogP contribution in [0.3, 0.4) is 0 Å². The summed E-state index contributed by atoms with van der Waals surface area (Å²) in [5.74, 6) is -0.393. The molecule has 0 saturated carbocycles. The fourth-order valence-electron chi connectivity index (χ4n) is 7.20. The number of benzene rings is 3. The Morgan fingerprint density at radius 1 is 1.13 bits per heavy atom. The number of fused-ring (bicyclic) bond motifs is 2. The van der Waals surface area contributed by atoms with Crippen molar-refractivity contribution in [1.82, 2.24) is 15.0 Å². The first-order chi connectivity index (χ1) is 22.5. The van der Waals surface area contributed by atoms with E-state index in [0.717, 1.165) is 5.56 Å². The van der Waals surface area contributed by atoms with Crippen LogP contribution in [0, 0.1) is 5.92 Å². The molecule has 0 radical (unpaired) electrons.